The molecular formula is C11H11BrF2O. The van der Waals surface area contributed by atoms with Crippen molar-refractivity contribution in [2.45, 2.75) is 24.6 Å². The average molecular weight is 277 g/mol. The monoisotopic (exact) mass is 276 g/mol. The van der Waals surface area contributed by atoms with Crippen LogP contribution in [0.25, 0.3) is 0 Å². The molecule has 0 N–H and O–H groups in total. The van der Waals surface area contributed by atoms with Crippen LogP contribution in [0.1, 0.15) is 28.8 Å². The Morgan fingerprint density at radius 2 is 2.13 bits per heavy atom. The van der Waals surface area contributed by atoms with Gasteiger partial charge in [-0.15, -0.1) is 0 Å². The summed E-state index contributed by atoms with van der Waals surface area (Å²) in [5, 5.41) is 0. The Morgan fingerprint density at radius 1 is 1.47 bits per heavy atom. The smallest absolute Gasteiger partial charge is 0.294 e. The van der Waals surface area contributed by atoms with E-state index in [1.807, 2.05) is 13.0 Å². The van der Waals surface area contributed by atoms with Gasteiger partial charge in [-0.3, -0.25) is 4.79 Å². The topological polar surface area (TPSA) is 17.1 Å². The van der Waals surface area contributed by atoms with E-state index in [-0.39, 0.29) is 12.2 Å². The van der Waals surface area contributed by atoms with Crippen LogP contribution < -0.4 is 0 Å². The van der Waals surface area contributed by atoms with Gasteiger partial charge < -0.3 is 0 Å². The number of rotatable bonds is 4. The third-order valence-corrected chi connectivity index (χ3v) is 2.37. The summed E-state index contributed by atoms with van der Waals surface area (Å²) in [6.07, 6.45) is -0.624. The lowest BCUT2D eigenvalue weighted by molar-refractivity contribution is 0.0827. The van der Waals surface area contributed by atoms with E-state index in [1.165, 1.54) is 0 Å². The second-order valence-electron chi connectivity index (χ2n) is 3.41. The number of ketones is 1. The van der Waals surface area contributed by atoms with Gasteiger partial charge in [-0.1, -0.05) is 23.8 Å². The molecule has 0 aromatic heterocycles. The van der Waals surface area contributed by atoms with Crippen molar-refractivity contribution in [3.05, 3.63) is 35.4 Å². The molecule has 0 spiro atoms. The highest BCUT2D eigenvalue weighted by molar-refractivity contribution is 9.09. The van der Waals surface area contributed by atoms with Crippen LogP contribution in [0.2, 0.25) is 0 Å². The summed E-state index contributed by atoms with van der Waals surface area (Å²) in [4.78, 5) is 8.54. The van der Waals surface area contributed by atoms with E-state index in [0.717, 1.165) is 5.56 Å². The lowest BCUT2D eigenvalue weighted by Crippen LogP contribution is -2.09. The number of carbonyl (C=O) groups is 1. The quantitative estimate of drug-likeness (QED) is 0.601. The van der Waals surface area contributed by atoms with Gasteiger partial charge in [0.25, 0.3) is 0 Å². The molecule has 15 heavy (non-hydrogen) atoms. The molecule has 0 radical (unpaired) electrons. The highest BCUT2D eigenvalue weighted by atomic mass is 79.9. The first-order chi connectivity index (χ1) is 6.88. The molecule has 0 amide bonds. The van der Waals surface area contributed by atoms with Gasteiger partial charge in [-0.25, -0.2) is 0 Å². The number of Topliss-reactive ketones (excluding diaryl/α,β-unsaturated/α-hetero) is 1. The fourth-order valence-electron chi connectivity index (χ4n) is 1.22. The van der Waals surface area contributed by atoms with Gasteiger partial charge in [0.15, 0.2) is 5.78 Å². The maximum absolute atomic E-state index is 12.4. The first-order valence-electron chi connectivity index (χ1n) is 4.55. The number of aryl methyl sites for hydroxylation is 1. The predicted octanol–water partition coefficient (Wildman–Crippen LogP) is 3.95. The minimum absolute atomic E-state index is 0.151. The molecule has 0 aliphatic heterocycles. The van der Waals surface area contributed by atoms with Crippen LogP contribution in [-0.2, 0) is 0 Å². The first-order valence-corrected chi connectivity index (χ1v) is 5.34. The maximum atomic E-state index is 12.4. The van der Waals surface area contributed by atoms with Crippen molar-refractivity contribution in [1.29, 1.82) is 0 Å². The summed E-state index contributed by atoms with van der Waals surface area (Å²) < 4.78 is 24.9. The first kappa shape index (κ1) is 12.3. The fourth-order valence-corrected chi connectivity index (χ4v) is 1.42. The van der Waals surface area contributed by atoms with Crippen LogP contribution in [0.4, 0.5) is 8.78 Å². The van der Waals surface area contributed by atoms with Gasteiger partial charge in [0.1, 0.15) is 0 Å². The molecule has 0 aliphatic carbocycles. The molecule has 1 nitrogen and oxygen atoms in total. The van der Waals surface area contributed by atoms with Crippen LogP contribution >= 0.6 is 15.9 Å². The normalized spacial score (nSPS) is 11.5. The predicted molar refractivity (Wildman–Crippen MR) is 58.6 cm³/mol. The minimum atomic E-state index is -2.95. The van der Waals surface area contributed by atoms with Crippen molar-refractivity contribution >= 4 is 21.7 Å². The number of carbonyl (C=O) groups excluding carboxylic acids is 1. The van der Waals surface area contributed by atoms with Crippen molar-refractivity contribution in [3.8, 4) is 0 Å². The van der Waals surface area contributed by atoms with Crippen molar-refractivity contribution in [3.63, 3.8) is 0 Å². The number of benzene rings is 1. The van der Waals surface area contributed by atoms with Gasteiger partial charge in [0.05, 0.1) is 0 Å². The molecule has 4 heteroatoms. The number of hydrogen-bond acceptors (Lipinski definition) is 1. The van der Waals surface area contributed by atoms with E-state index < -0.39 is 11.3 Å². The highest BCUT2D eigenvalue weighted by Gasteiger charge is 2.24. The van der Waals surface area contributed by atoms with Crippen molar-refractivity contribution in [2.75, 3.05) is 0 Å². The largest absolute Gasteiger partial charge is 0.301 e. The lowest BCUT2D eigenvalue weighted by atomic mass is 10.0. The van der Waals surface area contributed by atoms with Crippen LogP contribution in [-0.4, -0.2) is 10.6 Å². The lowest BCUT2D eigenvalue weighted by Gasteiger charge is -2.07. The minimum Gasteiger partial charge on any atom is -0.294 e. The highest BCUT2D eigenvalue weighted by Crippen LogP contribution is 2.28. The summed E-state index contributed by atoms with van der Waals surface area (Å²) in [6.45, 7) is 1.86. The summed E-state index contributed by atoms with van der Waals surface area (Å²) >= 11 is 2.21. The Balaban J connectivity index is 2.62. The molecule has 0 bridgehead atoms. The third-order valence-electron chi connectivity index (χ3n) is 1.98. The molecule has 0 atom stereocenters. The standard InChI is InChI=1S/C11H11BrF2O/c1-8-3-2-4-9(7-8)10(15)5-6-11(12,13)14/h2-4,7H,5-6H2,1H3. The Morgan fingerprint density at radius 3 is 2.67 bits per heavy atom. The summed E-state index contributed by atoms with van der Waals surface area (Å²) in [5.41, 5.74) is 1.44. The summed E-state index contributed by atoms with van der Waals surface area (Å²) in [5.74, 6) is -0.252. The Bertz CT molecular complexity index is 358. The maximum Gasteiger partial charge on any atom is 0.301 e. The molecule has 0 fully saturated rings. The zero-order valence-electron chi connectivity index (χ0n) is 8.27. The van der Waals surface area contributed by atoms with Gasteiger partial charge in [0, 0.05) is 18.4 Å². The Hall–Kier alpha value is -0.770. The van der Waals surface area contributed by atoms with Gasteiger partial charge in [0.2, 0.25) is 0 Å². The number of hydrogen-bond donors (Lipinski definition) is 0. The van der Waals surface area contributed by atoms with E-state index in [2.05, 4.69) is 15.9 Å². The third kappa shape index (κ3) is 4.51. The van der Waals surface area contributed by atoms with Crippen LogP contribution in [0.5, 0.6) is 0 Å². The number of halogens is 3. The molecule has 0 saturated heterocycles. The zero-order chi connectivity index (χ0) is 11.5. The van der Waals surface area contributed by atoms with Crippen molar-refractivity contribution in [1.82, 2.24) is 0 Å². The van der Waals surface area contributed by atoms with E-state index >= 15 is 0 Å². The van der Waals surface area contributed by atoms with Crippen LogP contribution in [0, 0.1) is 6.92 Å². The molecule has 0 unspecified atom stereocenters. The van der Waals surface area contributed by atoms with Crippen molar-refractivity contribution in [2.24, 2.45) is 0 Å². The van der Waals surface area contributed by atoms with E-state index in [9.17, 15) is 13.6 Å². The Labute approximate surface area is 95.6 Å². The van der Waals surface area contributed by atoms with Gasteiger partial charge in [-0.05, 0) is 28.9 Å². The van der Waals surface area contributed by atoms with E-state index in [4.69, 9.17) is 0 Å². The fraction of sp³-hybridized carbons (Fsp3) is 0.364. The molecule has 0 aliphatic rings. The van der Waals surface area contributed by atoms with E-state index in [1.54, 1.807) is 18.2 Å². The molecule has 1 rings (SSSR count). The van der Waals surface area contributed by atoms with Gasteiger partial charge in [-0.2, -0.15) is 8.78 Å². The molecule has 1 aromatic rings. The molecular weight excluding hydrogens is 266 g/mol. The second-order valence-corrected chi connectivity index (χ2v) is 4.57. The summed E-state index contributed by atoms with van der Waals surface area (Å²) in [7, 11) is 0. The van der Waals surface area contributed by atoms with E-state index in [0.29, 0.717) is 5.56 Å². The average Bonchev–Trinajstić information content (AvgIpc) is 2.13. The second kappa shape index (κ2) is 4.84. The van der Waals surface area contributed by atoms with Crippen molar-refractivity contribution < 1.29 is 13.6 Å². The SMILES string of the molecule is Cc1cccc(C(=O)CCC(F)(F)Br)c1. The molecule has 0 saturated carbocycles. The summed E-state index contributed by atoms with van der Waals surface area (Å²) in [6, 6.07) is 6.95. The zero-order valence-corrected chi connectivity index (χ0v) is 9.85. The molecule has 1 aromatic carbocycles. The van der Waals surface area contributed by atoms with Crippen LogP contribution in [0.15, 0.2) is 24.3 Å². The Kier molecular flexibility index (Phi) is 3.97. The van der Waals surface area contributed by atoms with Crippen LogP contribution in [0.3, 0.4) is 0 Å². The molecule has 82 valence electrons. The number of alkyl halides is 3. The molecule has 0 heterocycles. The van der Waals surface area contributed by atoms with Gasteiger partial charge >= 0.3 is 4.83 Å².